The summed E-state index contributed by atoms with van der Waals surface area (Å²) in [6.45, 7) is 0.00378. The Kier molecular flexibility index (Phi) is 7.04. The van der Waals surface area contributed by atoms with E-state index in [1.54, 1.807) is 12.1 Å². The van der Waals surface area contributed by atoms with E-state index in [0.29, 0.717) is 30.8 Å². The Labute approximate surface area is 174 Å². The maximum atomic E-state index is 12.3. The predicted molar refractivity (Wildman–Crippen MR) is 106 cm³/mol. The second kappa shape index (κ2) is 9.69. The van der Waals surface area contributed by atoms with Crippen LogP contribution in [0.3, 0.4) is 0 Å². The first kappa shape index (κ1) is 21.0. The lowest BCUT2D eigenvalue weighted by molar-refractivity contribution is -0.149. The molecule has 8 heteroatoms. The smallest absolute Gasteiger partial charge is 0.308 e. The van der Waals surface area contributed by atoms with Gasteiger partial charge >= 0.3 is 5.97 Å². The van der Waals surface area contributed by atoms with Gasteiger partial charge in [-0.1, -0.05) is 35.9 Å². The van der Waals surface area contributed by atoms with Crippen LogP contribution in [0.2, 0.25) is 5.02 Å². The number of esters is 1. The van der Waals surface area contributed by atoms with Gasteiger partial charge in [-0.05, 0) is 37.0 Å². The number of halogens is 1. The number of imide groups is 1. The van der Waals surface area contributed by atoms with Gasteiger partial charge in [0.15, 0.2) is 6.61 Å². The normalized spacial score (nSPS) is 20.5. The molecule has 1 fully saturated rings. The molecule has 0 bridgehead atoms. The Morgan fingerprint density at radius 2 is 1.69 bits per heavy atom. The molecule has 1 aromatic carbocycles. The van der Waals surface area contributed by atoms with Gasteiger partial charge in [0.25, 0.3) is 5.91 Å². The Morgan fingerprint density at radius 1 is 1.07 bits per heavy atom. The van der Waals surface area contributed by atoms with Gasteiger partial charge in [-0.15, -0.1) is 0 Å². The van der Waals surface area contributed by atoms with Crippen LogP contribution in [0.1, 0.15) is 24.8 Å². The van der Waals surface area contributed by atoms with E-state index in [9.17, 15) is 19.2 Å². The Hall–Kier alpha value is -2.67. The lowest BCUT2D eigenvalue weighted by atomic mass is 9.85. The second-order valence-electron chi connectivity index (χ2n) is 7.12. The minimum absolute atomic E-state index is 0.0122. The topological polar surface area (TPSA) is 92.8 Å². The minimum atomic E-state index is -0.619. The van der Waals surface area contributed by atoms with Crippen LogP contribution < -0.4 is 5.32 Å². The highest BCUT2D eigenvalue weighted by molar-refractivity contribution is 6.30. The van der Waals surface area contributed by atoms with Gasteiger partial charge < -0.3 is 10.1 Å². The maximum Gasteiger partial charge on any atom is 0.308 e. The maximum absolute atomic E-state index is 12.3. The molecule has 2 aliphatic rings. The van der Waals surface area contributed by atoms with Crippen molar-refractivity contribution in [2.24, 2.45) is 11.8 Å². The average molecular weight is 419 g/mol. The molecule has 0 spiro atoms. The summed E-state index contributed by atoms with van der Waals surface area (Å²) in [6.07, 6.45) is 5.46. The van der Waals surface area contributed by atoms with Crippen molar-refractivity contribution in [1.82, 2.24) is 10.2 Å². The molecule has 29 heavy (non-hydrogen) atoms. The number of benzene rings is 1. The van der Waals surface area contributed by atoms with E-state index in [1.165, 1.54) is 0 Å². The van der Waals surface area contributed by atoms with Crippen LogP contribution in [-0.4, -0.2) is 48.3 Å². The molecular weight excluding hydrogens is 396 g/mol. The van der Waals surface area contributed by atoms with E-state index in [-0.39, 0.29) is 36.6 Å². The van der Waals surface area contributed by atoms with Crippen molar-refractivity contribution < 1.29 is 23.9 Å². The zero-order chi connectivity index (χ0) is 20.8. The van der Waals surface area contributed by atoms with Crippen LogP contribution in [0.4, 0.5) is 0 Å². The summed E-state index contributed by atoms with van der Waals surface area (Å²) >= 11 is 5.82. The summed E-state index contributed by atoms with van der Waals surface area (Å²) in [6, 6.07) is 7.31. The number of rotatable bonds is 8. The van der Waals surface area contributed by atoms with E-state index in [1.807, 2.05) is 24.3 Å². The number of hydrogen-bond acceptors (Lipinski definition) is 5. The van der Waals surface area contributed by atoms with E-state index in [0.717, 1.165) is 10.5 Å². The Balaban J connectivity index is 1.33. The van der Waals surface area contributed by atoms with Crippen molar-refractivity contribution in [1.29, 1.82) is 0 Å². The van der Waals surface area contributed by atoms with Gasteiger partial charge in [-0.2, -0.15) is 0 Å². The van der Waals surface area contributed by atoms with Gasteiger partial charge in [0.2, 0.25) is 11.8 Å². The Bertz CT molecular complexity index is 795. The molecule has 1 aliphatic heterocycles. The molecule has 154 valence electrons. The Morgan fingerprint density at radius 3 is 2.31 bits per heavy atom. The first-order valence-corrected chi connectivity index (χ1v) is 10.0. The highest BCUT2D eigenvalue weighted by Gasteiger charge is 2.46. The highest BCUT2D eigenvalue weighted by Crippen LogP contribution is 2.34. The fraction of sp³-hybridized carbons (Fsp3) is 0.429. The largest absolute Gasteiger partial charge is 0.456 e. The summed E-state index contributed by atoms with van der Waals surface area (Å²) < 4.78 is 4.94. The molecule has 0 radical (unpaired) electrons. The third-order valence-electron chi connectivity index (χ3n) is 5.15. The van der Waals surface area contributed by atoms with Crippen LogP contribution in [0.5, 0.6) is 0 Å². The number of ether oxygens (including phenoxy) is 1. The second-order valence-corrected chi connectivity index (χ2v) is 7.56. The number of fused-ring (bicyclic) bond motifs is 1. The first-order chi connectivity index (χ1) is 14.0. The van der Waals surface area contributed by atoms with Crippen molar-refractivity contribution in [2.45, 2.75) is 25.7 Å². The zero-order valence-electron chi connectivity index (χ0n) is 15.9. The van der Waals surface area contributed by atoms with Crippen LogP contribution in [0.25, 0.3) is 0 Å². The molecule has 1 heterocycles. The number of allylic oxidation sites excluding steroid dienone is 2. The summed E-state index contributed by atoms with van der Waals surface area (Å²) in [5.41, 5.74) is 1.03. The van der Waals surface area contributed by atoms with E-state index in [2.05, 4.69) is 5.32 Å². The molecule has 1 aliphatic carbocycles. The third-order valence-corrected chi connectivity index (χ3v) is 5.40. The van der Waals surface area contributed by atoms with Crippen LogP contribution in [0.15, 0.2) is 36.4 Å². The summed E-state index contributed by atoms with van der Waals surface area (Å²) in [7, 11) is 0. The molecule has 1 N–H and O–H groups in total. The zero-order valence-corrected chi connectivity index (χ0v) is 16.7. The average Bonchev–Trinajstić information content (AvgIpc) is 2.97. The number of hydrogen-bond donors (Lipinski definition) is 1. The number of amides is 3. The molecule has 0 aromatic heterocycles. The molecule has 0 unspecified atom stereocenters. The SMILES string of the molecule is O=C(COC(=O)CCN1C(=O)[C@H]2CC=CC[C@@H]2C1=O)NCCc1ccc(Cl)cc1. The minimum Gasteiger partial charge on any atom is -0.456 e. The standard InChI is InChI=1S/C21H23ClN2O5/c22-15-7-5-14(6-8-15)9-11-23-18(25)13-29-19(26)10-12-24-20(27)16-3-1-2-4-17(16)21(24)28/h1-2,5-8,16-17H,3-4,9-13H2,(H,23,25)/t16-,17-/m0/s1. The molecule has 1 aromatic rings. The molecule has 2 atom stereocenters. The number of likely N-dealkylation sites (tertiary alicyclic amines) is 1. The summed E-state index contributed by atoms with van der Waals surface area (Å²) in [4.78, 5) is 49.5. The predicted octanol–water partition coefficient (Wildman–Crippen LogP) is 1.88. The van der Waals surface area contributed by atoms with Gasteiger partial charge in [0.1, 0.15) is 0 Å². The van der Waals surface area contributed by atoms with Crippen molar-refractivity contribution in [2.75, 3.05) is 19.7 Å². The fourth-order valence-corrected chi connectivity index (χ4v) is 3.69. The van der Waals surface area contributed by atoms with Crippen LogP contribution >= 0.6 is 11.6 Å². The van der Waals surface area contributed by atoms with Crippen molar-refractivity contribution >= 4 is 35.3 Å². The van der Waals surface area contributed by atoms with E-state index >= 15 is 0 Å². The fourth-order valence-electron chi connectivity index (χ4n) is 3.56. The van der Waals surface area contributed by atoms with Crippen molar-refractivity contribution in [3.8, 4) is 0 Å². The molecule has 1 saturated heterocycles. The molecule has 3 amide bonds. The van der Waals surface area contributed by atoms with Gasteiger partial charge in [-0.25, -0.2) is 0 Å². The monoisotopic (exact) mass is 418 g/mol. The molecular formula is C21H23ClN2O5. The lowest BCUT2D eigenvalue weighted by Gasteiger charge is -2.14. The van der Waals surface area contributed by atoms with Gasteiger partial charge in [-0.3, -0.25) is 24.1 Å². The molecule has 7 nitrogen and oxygen atoms in total. The highest BCUT2D eigenvalue weighted by atomic mass is 35.5. The first-order valence-electron chi connectivity index (χ1n) is 9.62. The van der Waals surface area contributed by atoms with Crippen molar-refractivity contribution in [3.63, 3.8) is 0 Å². The van der Waals surface area contributed by atoms with Crippen LogP contribution in [-0.2, 0) is 30.3 Å². The van der Waals surface area contributed by atoms with Crippen LogP contribution in [0, 0.1) is 11.8 Å². The molecule has 0 saturated carbocycles. The van der Waals surface area contributed by atoms with Gasteiger partial charge in [0.05, 0.1) is 18.3 Å². The van der Waals surface area contributed by atoms with Crippen molar-refractivity contribution in [3.05, 3.63) is 47.0 Å². The van der Waals surface area contributed by atoms with E-state index in [4.69, 9.17) is 16.3 Å². The number of nitrogens with zero attached hydrogens (tertiary/aromatic N) is 1. The van der Waals surface area contributed by atoms with Gasteiger partial charge in [0, 0.05) is 18.1 Å². The summed E-state index contributed by atoms with van der Waals surface area (Å²) in [5, 5.41) is 3.32. The van der Waals surface area contributed by atoms with E-state index < -0.39 is 18.5 Å². The quantitative estimate of drug-likeness (QED) is 0.395. The number of carbonyl (C=O) groups is 4. The lowest BCUT2D eigenvalue weighted by Crippen LogP contribution is -2.34. The number of nitrogens with one attached hydrogen (secondary N) is 1. The molecule has 3 rings (SSSR count). The summed E-state index contributed by atoms with van der Waals surface area (Å²) in [5.74, 6) is -2.09. The third kappa shape index (κ3) is 5.44. The number of carbonyl (C=O) groups excluding carboxylic acids is 4.